The van der Waals surface area contributed by atoms with Crippen molar-refractivity contribution in [2.24, 2.45) is 5.92 Å². The van der Waals surface area contributed by atoms with Gasteiger partial charge in [0.25, 0.3) is 0 Å². The maximum Gasteiger partial charge on any atom is 0.133 e. The lowest BCUT2D eigenvalue weighted by Crippen LogP contribution is -2.15. The molecule has 0 heterocycles. The lowest BCUT2D eigenvalue weighted by molar-refractivity contribution is -0.121. The molecule has 0 bridgehead atoms. The van der Waals surface area contributed by atoms with Crippen LogP contribution in [0.4, 0.5) is 0 Å². The Morgan fingerprint density at radius 3 is 2.11 bits per heavy atom. The second kappa shape index (κ2) is 11.2. The number of ketones is 1. The van der Waals surface area contributed by atoms with Crippen LogP contribution in [-0.2, 0) is 11.2 Å². The summed E-state index contributed by atoms with van der Waals surface area (Å²) in [5.74, 6) is 2.85. The van der Waals surface area contributed by atoms with Gasteiger partial charge in [0.1, 0.15) is 17.3 Å². The van der Waals surface area contributed by atoms with Crippen LogP contribution in [0.15, 0.2) is 55.1 Å². The fourth-order valence-electron chi connectivity index (χ4n) is 3.26. The molecule has 0 saturated heterocycles. The van der Waals surface area contributed by atoms with Crippen LogP contribution >= 0.6 is 0 Å². The largest absolute Gasteiger partial charge is 0.497 e. The van der Waals surface area contributed by atoms with Crippen molar-refractivity contribution in [1.82, 2.24) is 0 Å². The molecule has 1 fully saturated rings. The van der Waals surface area contributed by atoms with Crippen molar-refractivity contribution < 1.29 is 14.3 Å². The molecule has 3 heteroatoms. The van der Waals surface area contributed by atoms with E-state index in [0.29, 0.717) is 11.7 Å². The number of methoxy groups -OCH3 is 2. The van der Waals surface area contributed by atoms with E-state index >= 15 is 0 Å². The number of ether oxygens (including phenoxy) is 2. The Labute approximate surface area is 163 Å². The van der Waals surface area contributed by atoms with E-state index in [9.17, 15) is 4.79 Å². The maximum atomic E-state index is 11.4. The molecule has 0 amide bonds. The third-order valence-electron chi connectivity index (χ3n) is 4.94. The number of carbonyl (C=O) groups is 1. The average molecular weight is 367 g/mol. The van der Waals surface area contributed by atoms with Gasteiger partial charge in [-0.15, -0.1) is 0 Å². The number of hydrogen-bond donors (Lipinski definition) is 0. The smallest absolute Gasteiger partial charge is 0.133 e. The molecule has 1 atom stereocenters. The number of benzene rings is 2. The van der Waals surface area contributed by atoms with Gasteiger partial charge in [0, 0.05) is 12.8 Å². The van der Waals surface area contributed by atoms with Gasteiger partial charge in [-0.1, -0.05) is 36.9 Å². The quantitative estimate of drug-likeness (QED) is 0.655. The summed E-state index contributed by atoms with van der Waals surface area (Å²) in [6.07, 6.45) is 7.93. The molecule has 0 unspecified atom stereocenters. The Kier molecular flexibility index (Phi) is 8.63. The minimum atomic E-state index is 0.455. The van der Waals surface area contributed by atoms with E-state index in [1.165, 1.54) is 12.0 Å². The first-order chi connectivity index (χ1) is 13.1. The minimum Gasteiger partial charge on any atom is -0.497 e. The molecule has 27 heavy (non-hydrogen) atoms. The third-order valence-corrected chi connectivity index (χ3v) is 4.94. The summed E-state index contributed by atoms with van der Waals surface area (Å²) in [6, 6.07) is 16.0. The van der Waals surface area contributed by atoms with Gasteiger partial charge >= 0.3 is 0 Å². The lowest BCUT2D eigenvalue weighted by atomic mass is 9.84. The van der Waals surface area contributed by atoms with Crippen LogP contribution in [0.3, 0.4) is 0 Å². The van der Waals surface area contributed by atoms with Gasteiger partial charge in [0.2, 0.25) is 0 Å². The van der Waals surface area contributed by atoms with Gasteiger partial charge in [-0.25, -0.2) is 0 Å². The Balaban J connectivity index is 0.000000223. The molecule has 0 radical (unpaired) electrons. The predicted molar refractivity (Wildman–Crippen MR) is 111 cm³/mol. The van der Waals surface area contributed by atoms with E-state index in [1.54, 1.807) is 20.3 Å². The number of hydrogen-bond acceptors (Lipinski definition) is 3. The van der Waals surface area contributed by atoms with E-state index < -0.39 is 0 Å². The van der Waals surface area contributed by atoms with Crippen LogP contribution < -0.4 is 9.47 Å². The average Bonchev–Trinajstić information content (AvgIpc) is 2.73. The van der Waals surface area contributed by atoms with E-state index in [4.69, 9.17) is 9.47 Å². The Bertz CT molecular complexity index is 701. The molecule has 144 valence electrons. The SMILES string of the molecule is C=Cc1ccc(OC)cc1.COc1ccc(CC[C@H]2CCCC(=O)C2)cc1. The van der Waals surface area contributed by atoms with Gasteiger partial charge in [-0.05, 0) is 67.0 Å². The molecule has 0 aromatic heterocycles. The third kappa shape index (κ3) is 7.30. The second-order valence-corrected chi connectivity index (χ2v) is 6.87. The summed E-state index contributed by atoms with van der Waals surface area (Å²) >= 11 is 0. The van der Waals surface area contributed by atoms with Gasteiger partial charge < -0.3 is 9.47 Å². The summed E-state index contributed by atoms with van der Waals surface area (Å²) in [4.78, 5) is 11.4. The number of rotatable bonds is 6. The molecule has 3 nitrogen and oxygen atoms in total. The molecule has 3 rings (SSSR count). The normalized spacial score (nSPS) is 16.1. The van der Waals surface area contributed by atoms with E-state index in [2.05, 4.69) is 18.7 Å². The van der Waals surface area contributed by atoms with E-state index in [-0.39, 0.29) is 0 Å². The first-order valence-corrected chi connectivity index (χ1v) is 9.55. The summed E-state index contributed by atoms with van der Waals surface area (Å²) in [6.45, 7) is 3.65. The van der Waals surface area contributed by atoms with Crippen LogP contribution in [0.2, 0.25) is 0 Å². The zero-order valence-corrected chi connectivity index (χ0v) is 16.4. The molecule has 2 aromatic carbocycles. The Hall–Kier alpha value is -2.55. The van der Waals surface area contributed by atoms with Gasteiger partial charge in [-0.2, -0.15) is 0 Å². The zero-order chi connectivity index (χ0) is 19.5. The molecule has 2 aromatic rings. The summed E-state index contributed by atoms with van der Waals surface area (Å²) in [5.41, 5.74) is 2.45. The van der Waals surface area contributed by atoms with Gasteiger partial charge in [-0.3, -0.25) is 4.79 Å². The first-order valence-electron chi connectivity index (χ1n) is 9.55. The molecule has 0 spiro atoms. The molecule has 1 aliphatic carbocycles. The highest BCUT2D eigenvalue weighted by molar-refractivity contribution is 5.79. The lowest BCUT2D eigenvalue weighted by Gasteiger charge is -2.20. The molecule has 0 N–H and O–H groups in total. The van der Waals surface area contributed by atoms with Crippen molar-refractivity contribution in [1.29, 1.82) is 0 Å². The molecular formula is C24H30O3. The number of Topliss-reactive ketones (excluding diaryl/α,β-unsaturated/α-hetero) is 1. The number of carbonyl (C=O) groups excluding carboxylic acids is 1. The fourth-order valence-corrected chi connectivity index (χ4v) is 3.26. The summed E-state index contributed by atoms with van der Waals surface area (Å²) in [5, 5.41) is 0. The second-order valence-electron chi connectivity index (χ2n) is 6.87. The van der Waals surface area contributed by atoms with E-state index in [1.807, 2.05) is 36.4 Å². The van der Waals surface area contributed by atoms with Crippen molar-refractivity contribution in [3.05, 3.63) is 66.2 Å². The monoisotopic (exact) mass is 366 g/mol. The fraction of sp³-hybridized carbons (Fsp3) is 0.375. The number of aryl methyl sites for hydroxylation is 1. The van der Waals surface area contributed by atoms with Crippen molar-refractivity contribution in [3.63, 3.8) is 0 Å². The molecule has 1 saturated carbocycles. The van der Waals surface area contributed by atoms with Crippen molar-refractivity contribution in [2.75, 3.05) is 14.2 Å². The standard InChI is InChI=1S/C15H20O2.C9H10O/c1-17-15-9-7-12(8-10-15)5-6-13-3-2-4-14(16)11-13;1-3-8-4-6-9(10-2)7-5-8/h7-10,13H,2-6,11H2,1H3;3-7H,1H2,2H3/t13-;/m1./s1. The van der Waals surface area contributed by atoms with Crippen molar-refractivity contribution in [2.45, 2.75) is 38.5 Å². The van der Waals surface area contributed by atoms with Crippen molar-refractivity contribution >= 4 is 11.9 Å². The highest BCUT2D eigenvalue weighted by atomic mass is 16.5. The van der Waals surface area contributed by atoms with Crippen LogP contribution in [0, 0.1) is 5.92 Å². The Morgan fingerprint density at radius 1 is 1.00 bits per heavy atom. The summed E-state index contributed by atoms with van der Waals surface area (Å²) < 4.78 is 10.1. The summed E-state index contributed by atoms with van der Waals surface area (Å²) in [7, 11) is 3.34. The molecular weight excluding hydrogens is 336 g/mol. The van der Waals surface area contributed by atoms with E-state index in [0.717, 1.165) is 49.2 Å². The highest BCUT2D eigenvalue weighted by Gasteiger charge is 2.18. The molecule has 1 aliphatic rings. The van der Waals surface area contributed by atoms with Crippen LogP contribution in [0.1, 0.15) is 43.2 Å². The van der Waals surface area contributed by atoms with Crippen LogP contribution in [0.25, 0.3) is 6.08 Å². The first kappa shape index (κ1) is 20.8. The zero-order valence-electron chi connectivity index (χ0n) is 16.4. The molecule has 0 aliphatic heterocycles. The predicted octanol–water partition coefficient (Wildman–Crippen LogP) is 5.73. The van der Waals surface area contributed by atoms with Crippen LogP contribution in [0.5, 0.6) is 11.5 Å². The maximum absolute atomic E-state index is 11.4. The van der Waals surface area contributed by atoms with Crippen LogP contribution in [-0.4, -0.2) is 20.0 Å². The topological polar surface area (TPSA) is 35.5 Å². The van der Waals surface area contributed by atoms with Gasteiger partial charge in [0.05, 0.1) is 14.2 Å². The highest BCUT2D eigenvalue weighted by Crippen LogP contribution is 2.26. The van der Waals surface area contributed by atoms with Gasteiger partial charge in [0.15, 0.2) is 0 Å². The Morgan fingerprint density at radius 2 is 1.59 bits per heavy atom. The van der Waals surface area contributed by atoms with Crippen molar-refractivity contribution in [3.8, 4) is 11.5 Å². The minimum absolute atomic E-state index is 0.455.